The molecule has 0 saturated heterocycles. The zero-order valence-corrected chi connectivity index (χ0v) is 22.6. The van der Waals surface area contributed by atoms with Crippen LogP contribution < -0.4 is 4.57 Å². The minimum Gasteiger partial charge on any atom is -0.201 e. The fraction of sp³-hybridized carbons (Fsp3) is 0.250. The quantitative estimate of drug-likeness (QED) is 0.220. The highest BCUT2D eigenvalue weighted by molar-refractivity contribution is 6.01. The van der Waals surface area contributed by atoms with E-state index < -0.39 is 6.85 Å². The molecule has 0 atom stereocenters. The Balaban J connectivity index is 1.66. The van der Waals surface area contributed by atoms with Gasteiger partial charge in [-0.3, -0.25) is 0 Å². The van der Waals surface area contributed by atoms with Crippen LogP contribution in [-0.2, 0) is 17.9 Å². The van der Waals surface area contributed by atoms with Crippen molar-refractivity contribution in [1.82, 2.24) is 0 Å². The van der Waals surface area contributed by atoms with E-state index in [1.165, 1.54) is 38.6 Å². The van der Waals surface area contributed by atoms with Gasteiger partial charge in [-0.05, 0) is 80.4 Å². The molecule has 0 radical (unpaired) electrons. The minimum atomic E-state index is -2.22. The highest BCUT2D eigenvalue weighted by Gasteiger charge is 2.47. The molecule has 1 aromatic heterocycles. The van der Waals surface area contributed by atoms with Gasteiger partial charge in [0.15, 0.2) is 6.20 Å². The number of benzene rings is 4. The van der Waals surface area contributed by atoms with Crippen LogP contribution >= 0.6 is 0 Å². The molecule has 0 bridgehead atoms. The minimum absolute atomic E-state index is 0.106. The van der Waals surface area contributed by atoms with E-state index in [2.05, 4.69) is 89.2 Å². The third-order valence-corrected chi connectivity index (χ3v) is 9.16. The molecular formula is C36H36N+. The number of hydrogen-bond acceptors (Lipinski definition) is 0. The van der Waals surface area contributed by atoms with Gasteiger partial charge >= 0.3 is 0 Å². The van der Waals surface area contributed by atoms with Crippen LogP contribution in [0.5, 0.6) is 0 Å². The van der Waals surface area contributed by atoms with E-state index in [1.807, 2.05) is 41.9 Å². The first-order chi connectivity index (χ1) is 18.8. The monoisotopic (exact) mass is 485 g/mol. The fourth-order valence-electron chi connectivity index (χ4n) is 6.51. The fourth-order valence-corrected chi connectivity index (χ4v) is 6.51. The lowest BCUT2D eigenvalue weighted by Crippen LogP contribution is -2.44. The smallest absolute Gasteiger partial charge is 0.201 e. The average molecular weight is 486 g/mol. The van der Waals surface area contributed by atoms with Gasteiger partial charge in [-0.2, -0.15) is 0 Å². The van der Waals surface area contributed by atoms with Crippen molar-refractivity contribution in [2.75, 3.05) is 0 Å². The summed E-state index contributed by atoms with van der Waals surface area (Å²) in [6.07, 6.45) is 1.79. The summed E-state index contributed by atoms with van der Waals surface area (Å²) >= 11 is 0. The van der Waals surface area contributed by atoms with E-state index in [1.54, 1.807) is 6.20 Å². The first-order valence-electron chi connectivity index (χ1n) is 14.6. The van der Waals surface area contributed by atoms with Crippen LogP contribution in [-0.4, -0.2) is 0 Å². The Morgan fingerprint density at radius 3 is 2.19 bits per heavy atom. The normalized spacial score (nSPS) is 16.9. The summed E-state index contributed by atoms with van der Waals surface area (Å²) in [5, 5.41) is 2.54. The van der Waals surface area contributed by atoms with E-state index in [-0.39, 0.29) is 10.8 Å². The molecule has 1 heteroatoms. The molecule has 1 aliphatic carbocycles. The number of nitrogens with zero attached hydrogens (tertiary/aromatic N) is 1. The molecule has 6 rings (SSSR count). The van der Waals surface area contributed by atoms with Crippen molar-refractivity contribution in [3.8, 4) is 33.5 Å². The predicted octanol–water partition coefficient (Wildman–Crippen LogP) is 8.85. The van der Waals surface area contributed by atoms with Gasteiger partial charge in [0.05, 0.1) is 0 Å². The Morgan fingerprint density at radius 2 is 1.43 bits per heavy atom. The van der Waals surface area contributed by atoms with Gasteiger partial charge in [-0.15, -0.1) is 0 Å². The van der Waals surface area contributed by atoms with E-state index in [0.717, 1.165) is 22.4 Å². The lowest BCUT2D eigenvalue weighted by Gasteiger charge is -2.49. The lowest BCUT2D eigenvalue weighted by atomic mass is 9.54. The van der Waals surface area contributed by atoms with Crippen LogP contribution in [0.3, 0.4) is 0 Å². The van der Waals surface area contributed by atoms with Crippen molar-refractivity contribution in [1.29, 1.82) is 0 Å². The summed E-state index contributed by atoms with van der Waals surface area (Å²) in [6, 6.07) is 29.7. The first-order valence-corrected chi connectivity index (χ1v) is 13.1. The van der Waals surface area contributed by atoms with Gasteiger partial charge in [0.2, 0.25) is 5.69 Å². The van der Waals surface area contributed by atoms with Crippen LogP contribution in [0.1, 0.15) is 54.1 Å². The largest absolute Gasteiger partial charge is 0.213 e. The molecule has 37 heavy (non-hydrogen) atoms. The Morgan fingerprint density at radius 1 is 0.730 bits per heavy atom. The van der Waals surface area contributed by atoms with Gasteiger partial charge in [0, 0.05) is 21.3 Å². The maximum Gasteiger partial charge on any atom is 0.213 e. The molecule has 1 nitrogen and oxygen atoms in total. The Labute approximate surface area is 225 Å². The second kappa shape index (κ2) is 8.15. The maximum absolute atomic E-state index is 8.25. The van der Waals surface area contributed by atoms with Crippen molar-refractivity contribution in [2.45, 2.75) is 52.3 Å². The van der Waals surface area contributed by atoms with Crippen LogP contribution in [0, 0.1) is 13.8 Å². The van der Waals surface area contributed by atoms with Crippen LogP contribution in [0.4, 0.5) is 0 Å². The average Bonchev–Trinajstić information content (AvgIpc) is 2.91. The predicted molar refractivity (Wildman–Crippen MR) is 157 cm³/mol. The first kappa shape index (κ1) is 20.4. The van der Waals surface area contributed by atoms with Gasteiger partial charge in [-0.1, -0.05) is 100 Å². The Hall–Kier alpha value is -3.71. The summed E-state index contributed by atoms with van der Waals surface area (Å²) in [5.41, 5.74) is 10.5. The number of fused-ring (bicyclic) bond motifs is 5. The highest BCUT2D eigenvalue weighted by atomic mass is 14.9. The van der Waals surface area contributed by atoms with E-state index >= 15 is 0 Å². The zero-order chi connectivity index (χ0) is 28.6. The van der Waals surface area contributed by atoms with Gasteiger partial charge in [0.25, 0.3) is 0 Å². The van der Waals surface area contributed by atoms with Crippen molar-refractivity contribution < 1.29 is 8.68 Å². The maximum atomic E-state index is 8.25. The van der Waals surface area contributed by atoms with Crippen LogP contribution in [0.25, 0.3) is 44.3 Å². The topological polar surface area (TPSA) is 3.88 Å². The molecule has 184 valence electrons. The molecule has 0 aliphatic heterocycles. The molecule has 1 heterocycles. The highest BCUT2D eigenvalue weighted by Crippen LogP contribution is 2.57. The molecule has 5 aromatic rings. The number of aryl methyl sites for hydroxylation is 2. The molecule has 0 unspecified atom stereocenters. The van der Waals surface area contributed by atoms with Gasteiger partial charge in [-0.25, -0.2) is 4.57 Å². The molecule has 0 fully saturated rings. The third kappa shape index (κ3) is 3.33. The third-order valence-electron chi connectivity index (χ3n) is 9.16. The van der Waals surface area contributed by atoms with Gasteiger partial charge in [0.1, 0.15) is 7.05 Å². The van der Waals surface area contributed by atoms with Gasteiger partial charge < -0.3 is 0 Å². The number of hydrogen-bond donors (Lipinski definition) is 0. The second-order valence-corrected chi connectivity index (χ2v) is 11.6. The molecular weight excluding hydrogens is 446 g/mol. The van der Waals surface area contributed by atoms with E-state index in [9.17, 15) is 0 Å². The van der Waals surface area contributed by atoms with Crippen molar-refractivity contribution in [2.24, 2.45) is 7.05 Å². The second-order valence-electron chi connectivity index (χ2n) is 11.6. The summed E-state index contributed by atoms with van der Waals surface area (Å²) in [5.74, 6) is 0. The zero-order valence-electron chi connectivity index (χ0n) is 25.6. The SMILES string of the molecule is [2H]C([2H])([2H])c1c[n+](C)c(-c2ccc3c(c2C)C(C)(C)C(C)(C)c2ccc4ccccc4c2-3)cc1-c1ccccc1. The summed E-state index contributed by atoms with van der Waals surface area (Å²) in [7, 11) is 1.95. The van der Waals surface area contributed by atoms with Crippen LogP contribution in [0.15, 0.2) is 91.1 Å². The van der Waals surface area contributed by atoms with Crippen molar-refractivity contribution >= 4 is 10.8 Å². The number of aromatic nitrogens is 1. The molecule has 0 saturated carbocycles. The van der Waals surface area contributed by atoms with E-state index in [0.29, 0.717) is 5.56 Å². The molecule has 1 aliphatic rings. The molecule has 0 amide bonds. The van der Waals surface area contributed by atoms with Crippen molar-refractivity contribution in [3.63, 3.8) is 0 Å². The Kier molecular flexibility index (Phi) is 4.48. The van der Waals surface area contributed by atoms with Crippen LogP contribution in [0.2, 0.25) is 0 Å². The summed E-state index contributed by atoms with van der Waals surface area (Å²) < 4.78 is 26.7. The summed E-state index contributed by atoms with van der Waals surface area (Å²) in [4.78, 5) is 0. The Bertz CT molecular complexity index is 1790. The molecule has 0 N–H and O–H groups in total. The molecule has 0 spiro atoms. The number of rotatable bonds is 2. The molecule has 4 aromatic carbocycles. The summed E-state index contributed by atoms with van der Waals surface area (Å²) in [6.45, 7) is 9.50. The number of pyridine rings is 1. The van der Waals surface area contributed by atoms with E-state index in [4.69, 9.17) is 4.11 Å². The van der Waals surface area contributed by atoms with Crippen molar-refractivity contribution in [3.05, 3.63) is 113 Å². The standard InChI is InChI=1S/C36H36N/c1-23-22-37(7)32(21-30(23)25-13-9-8-10-14-25)27-18-19-29-33-28-16-12-11-15-26(28)17-20-31(33)35(3,4)36(5,6)34(29)24(27)2/h8-22H,1-7H3/q+1/i1D3. The lowest BCUT2D eigenvalue weighted by molar-refractivity contribution is -0.660.